The molecule has 2 amide bonds. The molecule has 80 valence electrons. The van der Waals surface area contributed by atoms with Crippen molar-refractivity contribution >= 4 is 34.3 Å². The molecule has 1 rings (SSSR count). The highest BCUT2D eigenvalue weighted by molar-refractivity contribution is 7.98. The normalized spacial score (nSPS) is 9.47. The van der Waals surface area contributed by atoms with Crippen LogP contribution in [0.4, 0.5) is 9.80 Å². The van der Waals surface area contributed by atoms with Crippen molar-refractivity contribution < 1.29 is 4.79 Å². The molecule has 0 saturated carbocycles. The van der Waals surface area contributed by atoms with Crippen molar-refractivity contribution in [1.29, 1.82) is 5.26 Å². The molecule has 0 aromatic carbocycles. The van der Waals surface area contributed by atoms with Crippen LogP contribution in [0.15, 0.2) is 5.03 Å². The van der Waals surface area contributed by atoms with Gasteiger partial charge in [-0.05, 0) is 17.8 Å². The molecular weight excluding hydrogens is 232 g/mol. The van der Waals surface area contributed by atoms with Gasteiger partial charge in [-0.25, -0.2) is 4.79 Å². The number of aromatic nitrogens is 1. The Bertz CT molecular complexity index is 407. The van der Waals surface area contributed by atoms with Crippen LogP contribution in [0.25, 0.3) is 0 Å². The third-order valence-electron chi connectivity index (χ3n) is 1.59. The third kappa shape index (κ3) is 2.61. The molecule has 0 saturated heterocycles. The molecule has 0 bridgehead atoms. The number of carbonyl (C=O) groups is 1. The molecule has 0 fully saturated rings. The van der Waals surface area contributed by atoms with Crippen molar-refractivity contribution in [3.05, 3.63) is 5.56 Å². The minimum absolute atomic E-state index is 0.261. The Morgan fingerprint density at radius 2 is 2.33 bits per heavy atom. The highest BCUT2D eigenvalue weighted by Gasteiger charge is 2.15. The van der Waals surface area contributed by atoms with E-state index in [0.717, 1.165) is 11.5 Å². The summed E-state index contributed by atoms with van der Waals surface area (Å²) in [5.74, 6) is 0. The predicted molar refractivity (Wildman–Crippen MR) is 61.3 cm³/mol. The maximum atomic E-state index is 11.4. The fraction of sp³-hybridized carbons (Fsp3) is 0.375. The van der Waals surface area contributed by atoms with Crippen LogP contribution in [0, 0.1) is 11.3 Å². The first-order valence-corrected chi connectivity index (χ1v) is 6.02. The van der Waals surface area contributed by atoms with Gasteiger partial charge in [0.05, 0.1) is 0 Å². The van der Waals surface area contributed by atoms with Crippen LogP contribution in [0.1, 0.15) is 5.56 Å². The van der Waals surface area contributed by atoms with E-state index in [9.17, 15) is 4.79 Å². The van der Waals surface area contributed by atoms with Crippen molar-refractivity contribution in [3.63, 3.8) is 0 Å². The van der Waals surface area contributed by atoms with Crippen LogP contribution in [0.3, 0.4) is 0 Å². The fourth-order valence-electron chi connectivity index (χ4n) is 0.808. The second kappa shape index (κ2) is 5.00. The lowest BCUT2D eigenvalue weighted by Crippen LogP contribution is -2.27. The van der Waals surface area contributed by atoms with Crippen LogP contribution >= 0.6 is 23.3 Å². The minimum atomic E-state index is -0.261. The van der Waals surface area contributed by atoms with E-state index >= 15 is 0 Å². The zero-order valence-corrected chi connectivity index (χ0v) is 10.2. The summed E-state index contributed by atoms with van der Waals surface area (Å²) >= 11 is 2.51. The van der Waals surface area contributed by atoms with Crippen molar-refractivity contribution in [1.82, 2.24) is 9.27 Å². The van der Waals surface area contributed by atoms with Crippen molar-refractivity contribution in [2.24, 2.45) is 0 Å². The molecule has 7 heteroatoms. The first-order chi connectivity index (χ1) is 7.10. The van der Waals surface area contributed by atoms with E-state index in [1.807, 2.05) is 12.3 Å². The summed E-state index contributed by atoms with van der Waals surface area (Å²) in [5.41, 5.74) is 0.433. The smallest absolute Gasteiger partial charge is 0.322 e. The number of urea groups is 1. The number of hydrogen-bond donors (Lipinski definition) is 1. The number of hydrogen-bond acceptors (Lipinski definition) is 5. The lowest BCUT2D eigenvalue weighted by Gasteiger charge is -2.10. The lowest BCUT2D eigenvalue weighted by molar-refractivity contribution is 0.231. The Balaban J connectivity index is 2.92. The molecule has 1 aromatic rings. The van der Waals surface area contributed by atoms with Gasteiger partial charge in [0.15, 0.2) is 0 Å². The molecule has 0 radical (unpaired) electrons. The summed E-state index contributed by atoms with van der Waals surface area (Å²) in [6.07, 6.45) is 1.84. The molecule has 0 aliphatic heterocycles. The quantitative estimate of drug-likeness (QED) is 0.803. The van der Waals surface area contributed by atoms with Gasteiger partial charge in [-0.1, -0.05) is 0 Å². The monoisotopic (exact) mass is 242 g/mol. The Kier molecular flexibility index (Phi) is 3.94. The standard InChI is InChI=1S/C8H10N4OS2/c1-12(2)8(13)10-6-5(4-9)7(14-3)11-15-6/h1-3H3,(H,10,13). The SMILES string of the molecule is CSc1nsc(NC(=O)N(C)C)c1C#N. The maximum Gasteiger partial charge on any atom is 0.322 e. The summed E-state index contributed by atoms with van der Waals surface area (Å²) < 4.78 is 4.07. The van der Waals surface area contributed by atoms with Crippen LogP contribution in [-0.4, -0.2) is 35.7 Å². The highest BCUT2D eigenvalue weighted by atomic mass is 32.2. The number of carbonyl (C=O) groups excluding carboxylic acids is 1. The minimum Gasteiger partial charge on any atom is -0.331 e. The van der Waals surface area contributed by atoms with Crippen LogP contribution in [-0.2, 0) is 0 Å². The van der Waals surface area contributed by atoms with E-state index in [1.54, 1.807) is 14.1 Å². The molecule has 0 spiro atoms. The summed E-state index contributed by atoms with van der Waals surface area (Å²) in [6, 6.07) is 1.77. The largest absolute Gasteiger partial charge is 0.331 e. The van der Waals surface area contributed by atoms with Gasteiger partial charge < -0.3 is 4.90 Å². The zero-order chi connectivity index (χ0) is 11.4. The number of thioether (sulfide) groups is 1. The molecule has 0 unspecified atom stereocenters. The van der Waals surface area contributed by atoms with E-state index in [0.29, 0.717) is 15.6 Å². The summed E-state index contributed by atoms with van der Waals surface area (Å²) in [4.78, 5) is 12.8. The van der Waals surface area contributed by atoms with Gasteiger partial charge in [0.1, 0.15) is 21.7 Å². The average Bonchev–Trinajstić information content (AvgIpc) is 2.59. The van der Waals surface area contributed by atoms with Gasteiger partial charge in [0.25, 0.3) is 0 Å². The molecule has 1 heterocycles. The van der Waals surface area contributed by atoms with E-state index in [2.05, 4.69) is 9.69 Å². The van der Waals surface area contributed by atoms with Crippen molar-refractivity contribution in [2.75, 3.05) is 25.7 Å². The Morgan fingerprint density at radius 1 is 1.67 bits per heavy atom. The molecule has 1 N–H and O–H groups in total. The van der Waals surface area contributed by atoms with Gasteiger partial charge in [0.2, 0.25) is 0 Å². The molecular formula is C8H10N4OS2. The molecule has 0 atom stereocenters. The number of nitrogens with one attached hydrogen (secondary N) is 1. The second-order valence-corrected chi connectivity index (χ2v) is 4.40. The van der Waals surface area contributed by atoms with Crippen LogP contribution in [0.2, 0.25) is 0 Å². The van der Waals surface area contributed by atoms with Gasteiger partial charge in [-0.15, -0.1) is 11.8 Å². The number of amides is 2. The van der Waals surface area contributed by atoms with Crippen LogP contribution in [0.5, 0.6) is 0 Å². The fourth-order valence-corrected chi connectivity index (χ4v) is 2.27. The molecule has 0 aliphatic rings. The second-order valence-electron chi connectivity index (χ2n) is 2.83. The zero-order valence-electron chi connectivity index (χ0n) is 8.57. The summed E-state index contributed by atoms with van der Waals surface area (Å²) in [6.45, 7) is 0. The van der Waals surface area contributed by atoms with Gasteiger partial charge in [-0.2, -0.15) is 9.64 Å². The number of rotatable bonds is 2. The van der Waals surface area contributed by atoms with Crippen LogP contribution < -0.4 is 5.32 Å². The lowest BCUT2D eigenvalue weighted by atomic mass is 10.4. The van der Waals surface area contributed by atoms with E-state index < -0.39 is 0 Å². The number of nitrogens with zero attached hydrogens (tertiary/aromatic N) is 3. The Hall–Kier alpha value is -1.26. The van der Waals surface area contributed by atoms with Crippen molar-refractivity contribution in [2.45, 2.75) is 5.03 Å². The topological polar surface area (TPSA) is 69.0 Å². The molecule has 1 aromatic heterocycles. The first-order valence-electron chi connectivity index (χ1n) is 4.02. The highest BCUT2D eigenvalue weighted by Crippen LogP contribution is 2.29. The van der Waals surface area contributed by atoms with E-state index in [1.165, 1.54) is 16.7 Å². The molecule has 15 heavy (non-hydrogen) atoms. The molecule has 0 aliphatic carbocycles. The third-order valence-corrected chi connectivity index (χ3v) is 3.15. The summed E-state index contributed by atoms with van der Waals surface area (Å²) in [5, 5.41) is 12.7. The maximum absolute atomic E-state index is 11.4. The molecule has 5 nitrogen and oxygen atoms in total. The Labute approximate surface area is 96.2 Å². The van der Waals surface area contributed by atoms with Gasteiger partial charge in [-0.3, -0.25) is 5.32 Å². The Morgan fingerprint density at radius 3 is 2.80 bits per heavy atom. The number of nitriles is 1. The average molecular weight is 242 g/mol. The van der Waals surface area contributed by atoms with Gasteiger partial charge >= 0.3 is 6.03 Å². The first kappa shape index (κ1) is 11.8. The van der Waals surface area contributed by atoms with E-state index in [4.69, 9.17) is 5.26 Å². The number of anilines is 1. The summed E-state index contributed by atoms with van der Waals surface area (Å²) in [7, 11) is 3.27. The predicted octanol–water partition coefficient (Wildman–Crippen LogP) is 1.83. The van der Waals surface area contributed by atoms with Crippen molar-refractivity contribution in [3.8, 4) is 6.07 Å². The van der Waals surface area contributed by atoms with E-state index in [-0.39, 0.29) is 6.03 Å². The van der Waals surface area contributed by atoms with Gasteiger partial charge in [0, 0.05) is 14.1 Å².